The molecule has 5 heteroatoms. The van der Waals surface area contributed by atoms with Crippen molar-refractivity contribution in [2.75, 3.05) is 26.8 Å². The van der Waals surface area contributed by atoms with E-state index >= 15 is 0 Å². The number of methoxy groups -OCH3 is 1. The molecule has 0 radical (unpaired) electrons. The van der Waals surface area contributed by atoms with Gasteiger partial charge >= 0.3 is 0 Å². The van der Waals surface area contributed by atoms with Crippen LogP contribution in [0.1, 0.15) is 70.7 Å². The smallest absolute Gasteiger partial charge is 0.0779 e. The molecule has 0 spiro atoms. The first-order chi connectivity index (χ1) is 14.0. The van der Waals surface area contributed by atoms with Crippen LogP contribution in [0.25, 0.3) is 6.20 Å². The number of likely N-dealkylation sites (tertiary alicyclic amines) is 1. The van der Waals surface area contributed by atoms with E-state index in [4.69, 9.17) is 9.73 Å². The van der Waals surface area contributed by atoms with Crippen LogP contribution < -0.4 is 0 Å². The van der Waals surface area contributed by atoms with Crippen molar-refractivity contribution >= 4 is 12.4 Å². The fourth-order valence-corrected chi connectivity index (χ4v) is 3.67. The van der Waals surface area contributed by atoms with E-state index in [-0.39, 0.29) is 6.04 Å². The van der Waals surface area contributed by atoms with Gasteiger partial charge in [-0.15, -0.1) is 0 Å². The quantitative estimate of drug-likeness (QED) is 0.383. The number of hydrogen-bond donors (Lipinski definition) is 0. The highest BCUT2D eigenvalue weighted by Gasteiger charge is 2.16. The molecular formula is C24H38N4O. The summed E-state index contributed by atoms with van der Waals surface area (Å²) in [5.41, 5.74) is 6.20. The predicted molar refractivity (Wildman–Crippen MR) is 123 cm³/mol. The van der Waals surface area contributed by atoms with Gasteiger partial charge in [-0.3, -0.25) is 4.99 Å². The van der Waals surface area contributed by atoms with Gasteiger partial charge in [0.25, 0.3) is 0 Å². The zero-order chi connectivity index (χ0) is 21.2. The molecular weight excluding hydrogens is 360 g/mol. The molecule has 0 aliphatic carbocycles. The Morgan fingerprint density at radius 1 is 1.31 bits per heavy atom. The molecule has 0 amide bonds. The predicted octanol–water partition coefficient (Wildman–Crippen LogP) is 5.56. The van der Waals surface area contributed by atoms with Crippen molar-refractivity contribution in [3.05, 3.63) is 46.4 Å². The summed E-state index contributed by atoms with van der Waals surface area (Å²) < 4.78 is 7.21. The van der Waals surface area contributed by atoms with Crippen molar-refractivity contribution < 1.29 is 4.74 Å². The largest absolute Gasteiger partial charge is 0.380 e. The molecule has 5 nitrogen and oxygen atoms in total. The molecule has 1 aliphatic rings. The maximum absolute atomic E-state index is 5.23. The highest BCUT2D eigenvalue weighted by Crippen LogP contribution is 2.25. The fourth-order valence-electron chi connectivity index (χ4n) is 3.67. The Hall–Kier alpha value is -2.14. The van der Waals surface area contributed by atoms with E-state index in [9.17, 15) is 0 Å². The van der Waals surface area contributed by atoms with Gasteiger partial charge in [-0.2, -0.15) is 5.10 Å². The van der Waals surface area contributed by atoms with Crippen LogP contribution in [-0.4, -0.2) is 47.7 Å². The van der Waals surface area contributed by atoms with Gasteiger partial charge in [0.1, 0.15) is 0 Å². The monoisotopic (exact) mass is 398 g/mol. The van der Waals surface area contributed by atoms with Crippen molar-refractivity contribution in [3.8, 4) is 0 Å². The van der Waals surface area contributed by atoms with Crippen LogP contribution in [0, 0.1) is 6.92 Å². The van der Waals surface area contributed by atoms with Crippen LogP contribution in [-0.2, 0) is 4.74 Å². The normalized spacial score (nSPS) is 17.6. The van der Waals surface area contributed by atoms with Crippen molar-refractivity contribution in [2.24, 2.45) is 4.99 Å². The standard InChI is InChI=1S/C24H38N4O/c1-7-19(4)24(27-13-10-11-14-27)12-15-28-20(5)22(17-26-28)23(9-3)25-16-21(8-2)18-29-6/h8,12,15-17,23H,7,9-11,13-14,18H2,1-6H3/b15-12-,21-8+,24-19+,25-16?. The molecule has 1 fully saturated rings. The molecule has 0 saturated carbocycles. The third kappa shape index (κ3) is 6.17. The fraction of sp³-hybridized carbons (Fsp3) is 0.583. The molecule has 29 heavy (non-hydrogen) atoms. The summed E-state index contributed by atoms with van der Waals surface area (Å²) in [6, 6.07) is 0.106. The van der Waals surface area contributed by atoms with E-state index in [0.29, 0.717) is 6.61 Å². The van der Waals surface area contributed by atoms with Gasteiger partial charge in [0.2, 0.25) is 0 Å². The summed E-state index contributed by atoms with van der Waals surface area (Å²) in [6.07, 6.45) is 14.8. The van der Waals surface area contributed by atoms with Crippen LogP contribution in [0.15, 0.2) is 40.2 Å². The molecule has 2 rings (SSSR count). The minimum atomic E-state index is 0.106. The number of aliphatic imine (C=N–C) groups is 1. The molecule has 0 N–H and O–H groups in total. The lowest BCUT2D eigenvalue weighted by atomic mass is 10.1. The first-order valence-corrected chi connectivity index (χ1v) is 10.9. The third-order valence-corrected chi connectivity index (χ3v) is 5.72. The van der Waals surface area contributed by atoms with E-state index in [0.717, 1.165) is 37.2 Å². The van der Waals surface area contributed by atoms with Gasteiger partial charge in [-0.05, 0) is 58.1 Å². The first kappa shape index (κ1) is 23.1. The summed E-state index contributed by atoms with van der Waals surface area (Å²) >= 11 is 0. The Morgan fingerprint density at radius 3 is 2.62 bits per heavy atom. The second-order valence-corrected chi connectivity index (χ2v) is 7.66. The topological polar surface area (TPSA) is 42.7 Å². The molecule has 160 valence electrons. The number of aromatic nitrogens is 2. The van der Waals surface area contributed by atoms with Crippen molar-refractivity contribution in [3.63, 3.8) is 0 Å². The zero-order valence-corrected chi connectivity index (χ0v) is 19.1. The van der Waals surface area contributed by atoms with Gasteiger partial charge in [0, 0.05) is 49.6 Å². The summed E-state index contributed by atoms with van der Waals surface area (Å²) in [4.78, 5) is 7.31. The number of ether oxygens (including phenoxy) is 1. The molecule has 2 heterocycles. The van der Waals surface area contributed by atoms with E-state index in [2.05, 4.69) is 50.0 Å². The molecule has 1 aliphatic heterocycles. The van der Waals surface area contributed by atoms with Gasteiger partial charge in [-0.25, -0.2) is 4.68 Å². The molecule has 1 saturated heterocycles. The van der Waals surface area contributed by atoms with Crippen LogP contribution in [0.2, 0.25) is 0 Å². The van der Waals surface area contributed by atoms with Gasteiger partial charge in [0.05, 0.1) is 18.8 Å². The van der Waals surface area contributed by atoms with Crippen LogP contribution in [0.3, 0.4) is 0 Å². The van der Waals surface area contributed by atoms with E-state index < -0.39 is 0 Å². The number of rotatable bonds is 10. The first-order valence-electron chi connectivity index (χ1n) is 10.9. The Balaban J connectivity index is 2.22. The van der Waals surface area contributed by atoms with Crippen LogP contribution in [0.5, 0.6) is 0 Å². The number of hydrogen-bond acceptors (Lipinski definition) is 4. The molecule has 1 unspecified atom stereocenters. The summed E-state index contributed by atoms with van der Waals surface area (Å²) in [5.74, 6) is 0. The molecule has 0 bridgehead atoms. The van der Waals surface area contributed by atoms with E-state index in [1.807, 2.05) is 30.1 Å². The lowest BCUT2D eigenvalue weighted by Gasteiger charge is -2.21. The maximum atomic E-state index is 5.23. The Morgan fingerprint density at radius 2 is 2.03 bits per heavy atom. The second kappa shape index (κ2) is 11.8. The van der Waals surface area contributed by atoms with Gasteiger partial charge < -0.3 is 9.64 Å². The van der Waals surface area contributed by atoms with Crippen molar-refractivity contribution in [2.45, 2.75) is 66.3 Å². The highest BCUT2D eigenvalue weighted by molar-refractivity contribution is 5.78. The van der Waals surface area contributed by atoms with E-state index in [1.165, 1.54) is 29.7 Å². The highest BCUT2D eigenvalue weighted by atomic mass is 16.5. The maximum Gasteiger partial charge on any atom is 0.0779 e. The number of nitrogens with zero attached hydrogens (tertiary/aromatic N) is 4. The summed E-state index contributed by atoms with van der Waals surface area (Å²) in [7, 11) is 1.71. The van der Waals surface area contributed by atoms with Gasteiger partial charge in [0.15, 0.2) is 0 Å². The van der Waals surface area contributed by atoms with Crippen LogP contribution >= 0.6 is 0 Å². The van der Waals surface area contributed by atoms with Crippen molar-refractivity contribution in [1.82, 2.24) is 14.7 Å². The van der Waals surface area contributed by atoms with Crippen molar-refractivity contribution in [1.29, 1.82) is 0 Å². The minimum absolute atomic E-state index is 0.106. The molecule has 1 aromatic rings. The van der Waals surface area contributed by atoms with E-state index in [1.54, 1.807) is 7.11 Å². The zero-order valence-electron chi connectivity index (χ0n) is 19.1. The summed E-state index contributed by atoms with van der Waals surface area (Å²) in [6.45, 7) is 13.7. The average molecular weight is 399 g/mol. The number of allylic oxidation sites excluding steroid dienone is 3. The molecule has 1 aromatic heterocycles. The molecule has 1 atom stereocenters. The SMILES string of the molecule is C/C=C(\C=NC(CC)c1cnn(/C=C\C(=C(\C)CC)N2CCCC2)c1C)COC. The Labute approximate surface area is 176 Å². The lowest BCUT2D eigenvalue weighted by molar-refractivity contribution is 0.230. The Kier molecular flexibility index (Phi) is 9.39. The third-order valence-electron chi connectivity index (χ3n) is 5.72. The van der Waals surface area contributed by atoms with Gasteiger partial charge in [-0.1, -0.05) is 25.5 Å². The average Bonchev–Trinajstić information content (AvgIpc) is 3.38. The summed E-state index contributed by atoms with van der Waals surface area (Å²) in [5, 5.41) is 4.63. The Bertz CT molecular complexity index is 764. The van der Waals surface area contributed by atoms with Crippen LogP contribution in [0.4, 0.5) is 0 Å². The minimum Gasteiger partial charge on any atom is -0.380 e. The molecule has 0 aromatic carbocycles. The second-order valence-electron chi connectivity index (χ2n) is 7.66. The lowest BCUT2D eigenvalue weighted by Crippen LogP contribution is -2.18.